The van der Waals surface area contributed by atoms with Crippen LogP contribution in [0.3, 0.4) is 0 Å². The maximum Gasteiger partial charge on any atom is 0.0746 e. The van der Waals surface area contributed by atoms with Crippen LogP contribution in [-0.4, -0.2) is 16.9 Å². The minimum absolute atomic E-state index is 0.214. The largest absolute Gasteiger partial charge is 0.393 e. The number of nitrogens with zero attached hydrogens (tertiary/aromatic N) is 1. The lowest BCUT2D eigenvalue weighted by Crippen LogP contribution is -2.30. The molecule has 2 unspecified atom stereocenters. The molecule has 1 aromatic carbocycles. The van der Waals surface area contributed by atoms with Gasteiger partial charge in [0.2, 0.25) is 0 Å². The quantitative estimate of drug-likeness (QED) is 0.813. The lowest BCUT2D eigenvalue weighted by Gasteiger charge is -2.33. The summed E-state index contributed by atoms with van der Waals surface area (Å²) in [5, 5.41) is 2.12. The van der Waals surface area contributed by atoms with E-state index in [1.54, 1.807) is 11.3 Å². The first-order valence-corrected chi connectivity index (χ1v) is 7.97. The van der Waals surface area contributed by atoms with Gasteiger partial charge in [-0.15, -0.1) is 11.3 Å². The molecule has 0 aliphatic rings. The van der Waals surface area contributed by atoms with Crippen LogP contribution in [0.15, 0.2) is 47.8 Å². The van der Waals surface area contributed by atoms with Crippen LogP contribution >= 0.6 is 23.6 Å². The first kappa shape index (κ1) is 15.2. The van der Waals surface area contributed by atoms with Gasteiger partial charge in [-0.25, -0.2) is 0 Å². The fourth-order valence-corrected chi connectivity index (χ4v) is 3.35. The number of thiophene rings is 1. The highest BCUT2D eigenvalue weighted by Gasteiger charge is 2.23. The fourth-order valence-electron chi connectivity index (χ4n) is 2.36. The number of nitrogens with two attached hydrogens (primary N) is 1. The van der Waals surface area contributed by atoms with Gasteiger partial charge in [-0.3, -0.25) is 4.90 Å². The Balaban J connectivity index is 2.24. The molecule has 4 heteroatoms. The van der Waals surface area contributed by atoms with Gasteiger partial charge in [0.05, 0.1) is 4.99 Å². The Morgan fingerprint density at radius 2 is 1.95 bits per heavy atom. The summed E-state index contributed by atoms with van der Waals surface area (Å²) in [6.45, 7) is 2.22. The van der Waals surface area contributed by atoms with E-state index in [1.165, 1.54) is 10.4 Å². The van der Waals surface area contributed by atoms with Crippen LogP contribution in [0.1, 0.15) is 35.9 Å². The van der Waals surface area contributed by atoms with Gasteiger partial charge in [0.25, 0.3) is 0 Å². The average Bonchev–Trinajstić information content (AvgIpc) is 2.98. The minimum Gasteiger partial charge on any atom is -0.393 e. The number of rotatable bonds is 6. The normalized spacial score (nSPS) is 14.2. The highest BCUT2D eigenvalue weighted by Crippen LogP contribution is 2.32. The lowest BCUT2D eigenvalue weighted by atomic mass is 10.0. The maximum absolute atomic E-state index is 5.79. The molecule has 0 bridgehead atoms. The van der Waals surface area contributed by atoms with Crippen molar-refractivity contribution < 1.29 is 0 Å². The Morgan fingerprint density at radius 3 is 2.50 bits per heavy atom. The molecule has 0 aliphatic heterocycles. The third-order valence-corrected chi connectivity index (χ3v) is 4.85. The molecule has 2 atom stereocenters. The number of hydrogen-bond donors (Lipinski definition) is 1. The lowest BCUT2D eigenvalue weighted by molar-refractivity contribution is 0.193. The molecule has 0 spiro atoms. The van der Waals surface area contributed by atoms with E-state index in [9.17, 15) is 0 Å². The van der Waals surface area contributed by atoms with Crippen LogP contribution in [0.25, 0.3) is 0 Å². The van der Waals surface area contributed by atoms with Crippen molar-refractivity contribution in [3.8, 4) is 0 Å². The standard InChI is InChI=1S/C16H20N2S2/c1-12(15-9-6-10-20-15)18(2)14(11-16(17)19)13-7-4-3-5-8-13/h3-10,12,14H,11H2,1-2H3,(H2,17,19). The van der Waals surface area contributed by atoms with E-state index >= 15 is 0 Å². The van der Waals surface area contributed by atoms with Crippen LogP contribution in [-0.2, 0) is 0 Å². The second kappa shape index (κ2) is 6.97. The maximum atomic E-state index is 5.79. The number of benzene rings is 1. The van der Waals surface area contributed by atoms with Gasteiger partial charge in [-0.1, -0.05) is 48.6 Å². The summed E-state index contributed by atoms with van der Waals surface area (Å²) in [6, 6.07) is 15.3. The van der Waals surface area contributed by atoms with E-state index in [0.29, 0.717) is 17.5 Å². The zero-order valence-corrected chi connectivity index (χ0v) is 13.5. The summed E-state index contributed by atoms with van der Waals surface area (Å²) in [6.07, 6.45) is 0.700. The van der Waals surface area contributed by atoms with Gasteiger partial charge < -0.3 is 5.73 Å². The summed E-state index contributed by atoms with van der Waals surface area (Å²) >= 11 is 6.92. The van der Waals surface area contributed by atoms with Crippen molar-refractivity contribution in [1.82, 2.24) is 4.90 Å². The molecule has 0 aliphatic carbocycles. The molecule has 2 N–H and O–H groups in total. The molecule has 0 radical (unpaired) electrons. The van der Waals surface area contributed by atoms with Crippen molar-refractivity contribution >= 4 is 28.5 Å². The zero-order valence-electron chi connectivity index (χ0n) is 11.8. The third kappa shape index (κ3) is 3.66. The van der Waals surface area contributed by atoms with Crippen molar-refractivity contribution in [1.29, 1.82) is 0 Å². The van der Waals surface area contributed by atoms with Gasteiger partial charge in [0.1, 0.15) is 0 Å². The third-order valence-electron chi connectivity index (χ3n) is 3.64. The minimum atomic E-state index is 0.214. The predicted molar refractivity (Wildman–Crippen MR) is 91.1 cm³/mol. The summed E-state index contributed by atoms with van der Waals surface area (Å²) in [5.41, 5.74) is 7.05. The molecule has 1 aromatic heterocycles. The predicted octanol–water partition coefficient (Wildman–Crippen LogP) is 4.16. The van der Waals surface area contributed by atoms with Crippen molar-refractivity contribution in [3.05, 3.63) is 58.3 Å². The highest BCUT2D eigenvalue weighted by atomic mass is 32.1. The Kier molecular flexibility index (Phi) is 5.29. The average molecular weight is 304 g/mol. The van der Waals surface area contributed by atoms with Crippen LogP contribution in [0.4, 0.5) is 0 Å². The summed E-state index contributed by atoms with van der Waals surface area (Å²) in [4.78, 5) is 4.26. The second-order valence-corrected chi connectivity index (χ2v) is 6.46. The molecule has 0 amide bonds. The smallest absolute Gasteiger partial charge is 0.0746 e. The molecule has 0 fully saturated rings. The molecule has 1 heterocycles. The van der Waals surface area contributed by atoms with Gasteiger partial charge in [-0.05, 0) is 31.0 Å². The van der Waals surface area contributed by atoms with Gasteiger partial charge in [-0.2, -0.15) is 0 Å². The summed E-state index contributed by atoms with van der Waals surface area (Å²) in [7, 11) is 2.14. The Hall–Kier alpha value is -1.23. The van der Waals surface area contributed by atoms with Crippen molar-refractivity contribution in [2.75, 3.05) is 7.05 Å². The zero-order chi connectivity index (χ0) is 14.5. The van der Waals surface area contributed by atoms with Gasteiger partial charge in [0, 0.05) is 23.4 Å². The summed E-state index contributed by atoms with van der Waals surface area (Å²) in [5.74, 6) is 0. The van der Waals surface area contributed by atoms with E-state index in [1.807, 2.05) is 6.07 Å². The van der Waals surface area contributed by atoms with Crippen LogP contribution in [0, 0.1) is 0 Å². The van der Waals surface area contributed by atoms with E-state index in [4.69, 9.17) is 18.0 Å². The molecular formula is C16H20N2S2. The Bertz CT molecular complexity index is 537. The molecule has 106 valence electrons. The van der Waals surface area contributed by atoms with Crippen LogP contribution in [0.2, 0.25) is 0 Å². The molecule has 0 saturated heterocycles. The first-order chi connectivity index (χ1) is 9.59. The molecule has 2 nitrogen and oxygen atoms in total. The van der Waals surface area contributed by atoms with Crippen molar-refractivity contribution in [2.45, 2.75) is 25.4 Å². The fraction of sp³-hybridized carbons (Fsp3) is 0.312. The van der Waals surface area contributed by atoms with Crippen molar-refractivity contribution in [2.24, 2.45) is 5.73 Å². The molecule has 2 rings (SSSR count). The van der Waals surface area contributed by atoms with E-state index < -0.39 is 0 Å². The molecular weight excluding hydrogens is 284 g/mol. The van der Waals surface area contributed by atoms with Gasteiger partial charge in [0.15, 0.2) is 0 Å². The number of thiocarbonyl (C=S) groups is 1. The summed E-state index contributed by atoms with van der Waals surface area (Å²) < 4.78 is 0. The molecule has 20 heavy (non-hydrogen) atoms. The van der Waals surface area contributed by atoms with Crippen LogP contribution < -0.4 is 5.73 Å². The molecule has 0 saturated carbocycles. The first-order valence-electron chi connectivity index (χ1n) is 6.68. The monoisotopic (exact) mass is 304 g/mol. The topological polar surface area (TPSA) is 29.3 Å². The Labute approximate surface area is 130 Å². The SMILES string of the molecule is CC(c1cccs1)N(C)C(CC(N)=S)c1ccccc1. The second-order valence-electron chi connectivity index (χ2n) is 4.95. The molecule has 2 aromatic rings. The van der Waals surface area contributed by atoms with E-state index in [-0.39, 0.29) is 6.04 Å². The van der Waals surface area contributed by atoms with E-state index in [2.05, 4.69) is 60.6 Å². The van der Waals surface area contributed by atoms with Crippen LogP contribution in [0.5, 0.6) is 0 Å². The number of hydrogen-bond acceptors (Lipinski definition) is 3. The van der Waals surface area contributed by atoms with Crippen molar-refractivity contribution in [3.63, 3.8) is 0 Å². The highest BCUT2D eigenvalue weighted by molar-refractivity contribution is 7.80. The van der Waals surface area contributed by atoms with E-state index in [0.717, 1.165) is 0 Å². The Morgan fingerprint density at radius 1 is 1.25 bits per heavy atom. The van der Waals surface area contributed by atoms with Gasteiger partial charge >= 0.3 is 0 Å².